The van der Waals surface area contributed by atoms with E-state index in [0.29, 0.717) is 8.96 Å². The molecule has 0 spiro atoms. The molecule has 21 heavy (non-hydrogen) atoms. The molecule has 10 heteroatoms. The van der Waals surface area contributed by atoms with Gasteiger partial charge >= 0.3 is 5.92 Å². The molecule has 7 nitrogen and oxygen atoms in total. The molecule has 2 aromatic rings. The predicted molar refractivity (Wildman–Crippen MR) is 76.6 cm³/mol. The number of nitrogens with zero attached hydrogens (tertiary/aromatic N) is 3. The Morgan fingerprint density at radius 2 is 2.19 bits per heavy atom. The Bertz CT molecular complexity index is 695. The molecule has 0 aromatic carbocycles. The van der Waals surface area contributed by atoms with Crippen LogP contribution < -0.4 is 5.73 Å². The van der Waals surface area contributed by atoms with Gasteiger partial charge in [0, 0.05) is 9.77 Å². The van der Waals surface area contributed by atoms with Crippen molar-refractivity contribution in [1.29, 1.82) is 0 Å². The maximum absolute atomic E-state index is 14.2. The Labute approximate surface area is 130 Å². The van der Waals surface area contributed by atoms with Crippen LogP contribution in [0.1, 0.15) is 6.23 Å². The SMILES string of the molecule is Nc1ncnc2c1c(I)cn2[C@@H]1O[C@H](CO)C(O)C1(F)F. The van der Waals surface area contributed by atoms with Crippen LogP contribution in [0, 0.1) is 3.57 Å². The van der Waals surface area contributed by atoms with Crippen LogP contribution in [-0.4, -0.2) is 49.5 Å². The van der Waals surface area contributed by atoms with Gasteiger partial charge in [-0.25, -0.2) is 9.97 Å². The summed E-state index contributed by atoms with van der Waals surface area (Å²) in [6.07, 6.45) is -2.66. The zero-order valence-corrected chi connectivity index (χ0v) is 12.6. The lowest BCUT2D eigenvalue weighted by Gasteiger charge is -2.21. The van der Waals surface area contributed by atoms with Crippen LogP contribution >= 0.6 is 22.6 Å². The van der Waals surface area contributed by atoms with Crippen LogP contribution in [0.5, 0.6) is 0 Å². The highest BCUT2D eigenvalue weighted by Crippen LogP contribution is 2.44. The molecule has 1 unspecified atom stereocenters. The van der Waals surface area contributed by atoms with Gasteiger partial charge in [0.1, 0.15) is 23.9 Å². The number of aromatic nitrogens is 3. The molecule has 0 bridgehead atoms. The first-order chi connectivity index (χ1) is 9.87. The van der Waals surface area contributed by atoms with Gasteiger partial charge in [0.05, 0.1) is 12.0 Å². The third-order valence-corrected chi connectivity index (χ3v) is 4.22. The van der Waals surface area contributed by atoms with Crippen molar-refractivity contribution < 1.29 is 23.7 Å². The molecule has 2 aromatic heterocycles. The van der Waals surface area contributed by atoms with Crippen molar-refractivity contribution in [2.75, 3.05) is 12.3 Å². The monoisotopic (exact) mass is 412 g/mol. The molecular weight excluding hydrogens is 401 g/mol. The second-order valence-corrected chi connectivity index (χ2v) is 5.83. The van der Waals surface area contributed by atoms with Crippen molar-refractivity contribution in [1.82, 2.24) is 14.5 Å². The fourth-order valence-corrected chi connectivity index (χ4v) is 3.18. The highest BCUT2D eigenvalue weighted by Gasteiger charge is 2.59. The molecule has 3 atom stereocenters. The van der Waals surface area contributed by atoms with E-state index in [9.17, 15) is 13.9 Å². The lowest BCUT2D eigenvalue weighted by molar-refractivity contribution is -0.138. The quantitative estimate of drug-likeness (QED) is 0.621. The van der Waals surface area contributed by atoms with Gasteiger partial charge in [-0.15, -0.1) is 0 Å². The van der Waals surface area contributed by atoms with Gasteiger partial charge < -0.3 is 20.7 Å². The third kappa shape index (κ3) is 2.08. The molecule has 0 radical (unpaired) electrons. The normalized spacial score (nSPS) is 28.3. The molecule has 0 aliphatic carbocycles. The Kier molecular flexibility index (Phi) is 3.50. The molecule has 4 N–H and O–H groups in total. The topological polar surface area (TPSA) is 106 Å². The number of rotatable bonds is 2. The smallest absolute Gasteiger partial charge is 0.320 e. The van der Waals surface area contributed by atoms with Crippen LogP contribution in [0.3, 0.4) is 0 Å². The van der Waals surface area contributed by atoms with Crippen molar-refractivity contribution in [2.45, 2.75) is 24.4 Å². The van der Waals surface area contributed by atoms with Crippen molar-refractivity contribution in [3.05, 3.63) is 16.1 Å². The van der Waals surface area contributed by atoms with Gasteiger partial charge in [-0.1, -0.05) is 0 Å². The number of ether oxygens (including phenoxy) is 1. The first-order valence-electron chi connectivity index (χ1n) is 5.96. The molecule has 3 heterocycles. The molecule has 0 amide bonds. The van der Waals surface area contributed by atoms with Crippen LogP contribution in [0.15, 0.2) is 12.5 Å². The zero-order valence-electron chi connectivity index (χ0n) is 10.4. The Hall–Kier alpha value is -1.11. The summed E-state index contributed by atoms with van der Waals surface area (Å²) in [6, 6.07) is 0. The average Bonchev–Trinajstić information content (AvgIpc) is 2.87. The molecule has 114 valence electrons. The second kappa shape index (κ2) is 4.97. The first-order valence-corrected chi connectivity index (χ1v) is 7.04. The largest absolute Gasteiger partial charge is 0.394 e. The number of alkyl halides is 2. The maximum Gasteiger partial charge on any atom is 0.320 e. The van der Waals surface area contributed by atoms with E-state index < -0.39 is 31.0 Å². The van der Waals surface area contributed by atoms with E-state index in [1.165, 1.54) is 6.20 Å². The van der Waals surface area contributed by atoms with Crippen molar-refractivity contribution in [3.8, 4) is 0 Å². The molecule has 1 aliphatic rings. The fourth-order valence-electron chi connectivity index (χ4n) is 2.36. The molecule has 1 fully saturated rings. The van der Waals surface area contributed by atoms with Crippen LogP contribution in [0.25, 0.3) is 11.0 Å². The minimum atomic E-state index is -3.57. The van der Waals surface area contributed by atoms with Crippen molar-refractivity contribution >= 4 is 39.4 Å². The van der Waals surface area contributed by atoms with Gasteiger partial charge in [-0.2, -0.15) is 8.78 Å². The van der Waals surface area contributed by atoms with Crippen molar-refractivity contribution in [3.63, 3.8) is 0 Å². The van der Waals surface area contributed by atoms with E-state index in [4.69, 9.17) is 15.6 Å². The molecule has 3 rings (SSSR count). The number of halogens is 3. The number of hydrogen-bond donors (Lipinski definition) is 3. The Morgan fingerprint density at radius 3 is 2.81 bits per heavy atom. The number of hydrogen-bond acceptors (Lipinski definition) is 6. The molecule has 0 saturated carbocycles. The maximum atomic E-state index is 14.2. The van der Waals surface area contributed by atoms with Gasteiger partial charge in [0.25, 0.3) is 0 Å². The third-order valence-electron chi connectivity index (χ3n) is 3.40. The summed E-state index contributed by atoms with van der Waals surface area (Å²) in [6.45, 7) is -0.708. The number of nitrogens with two attached hydrogens (primary N) is 1. The lowest BCUT2D eigenvalue weighted by atomic mass is 10.1. The molecule has 1 saturated heterocycles. The van der Waals surface area contributed by atoms with Crippen molar-refractivity contribution in [2.24, 2.45) is 0 Å². The summed E-state index contributed by atoms with van der Waals surface area (Å²) >= 11 is 1.93. The predicted octanol–water partition coefficient (Wildman–Crippen LogP) is 0.504. The molecular formula is C11H11F2IN4O3. The fraction of sp³-hybridized carbons (Fsp3) is 0.455. The van der Waals surface area contributed by atoms with Crippen LogP contribution in [-0.2, 0) is 4.74 Å². The van der Waals surface area contributed by atoms with E-state index >= 15 is 0 Å². The summed E-state index contributed by atoms with van der Waals surface area (Å²) in [5.41, 5.74) is 5.91. The minimum absolute atomic E-state index is 0.170. The zero-order chi connectivity index (χ0) is 15.4. The van der Waals surface area contributed by atoms with Crippen LogP contribution in [0.4, 0.5) is 14.6 Å². The number of anilines is 1. The van der Waals surface area contributed by atoms with Gasteiger partial charge in [0.2, 0.25) is 6.23 Å². The number of aliphatic hydroxyl groups is 2. The van der Waals surface area contributed by atoms with Gasteiger partial charge in [0.15, 0.2) is 6.10 Å². The summed E-state index contributed by atoms with van der Waals surface area (Å²) in [5, 5.41) is 19.0. The first kappa shape index (κ1) is 14.8. The van der Waals surface area contributed by atoms with E-state index in [2.05, 4.69) is 9.97 Å². The van der Waals surface area contributed by atoms with Gasteiger partial charge in [-0.05, 0) is 22.6 Å². The summed E-state index contributed by atoms with van der Waals surface area (Å²) < 4.78 is 35.1. The van der Waals surface area contributed by atoms with Crippen LogP contribution in [0.2, 0.25) is 0 Å². The molecule has 1 aliphatic heterocycles. The lowest BCUT2D eigenvalue weighted by Crippen LogP contribution is -2.39. The van der Waals surface area contributed by atoms with E-state index in [0.717, 1.165) is 10.9 Å². The summed E-state index contributed by atoms with van der Waals surface area (Å²) in [7, 11) is 0. The Morgan fingerprint density at radius 1 is 1.48 bits per heavy atom. The number of fused-ring (bicyclic) bond motifs is 1. The number of aliphatic hydroxyl groups excluding tert-OH is 2. The average molecular weight is 412 g/mol. The Balaban J connectivity index is 2.15. The minimum Gasteiger partial charge on any atom is -0.394 e. The highest BCUT2D eigenvalue weighted by atomic mass is 127. The number of nitrogen functional groups attached to an aromatic ring is 1. The van der Waals surface area contributed by atoms with Gasteiger partial charge in [-0.3, -0.25) is 4.57 Å². The summed E-state index contributed by atoms with van der Waals surface area (Å²) in [5.74, 6) is -3.40. The second-order valence-electron chi connectivity index (χ2n) is 4.67. The standard InChI is InChI=1S/C11H11F2IN4O3/c12-11(13)7(20)5(2-19)21-10(11)18-1-4(14)6-8(15)16-3-17-9(6)18/h1,3,5,7,10,19-20H,2H2,(H2,15,16,17)/t5-,7?,10-/m1/s1. The van der Waals surface area contributed by atoms with E-state index in [1.54, 1.807) is 0 Å². The van der Waals surface area contributed by atoms with E-state index in [-0.39, 0.29) is 11.5 Å². The highest BCUT2D eigenvalue weighted by molar-refractivity contribution is 14.1. The van der Waals surface area contributed by atoms with E-state index in [1.807, 2.05) is 22.6 Å². The summed E-state index contributed by atoms with van der Waals surface area (Å²) in [4.78, 5) is 7.78.